The average molecular weight is 426 g/mol. The normalized spacial score (nSPS) is 18.5. The number of esters is 1. The molecule has 0 aliphatic carbocycles. The van der Waals surface area contributed by atoms with Crippen molar-refractivity contribution >= 4 is 23.3 Å². The lowest BCUT2D eigenvalue weighted by Crippen LogP contribution is -2.32. The van der Waals surface area contributed by atoms with E-state index in [1.54, 1.807) is 18.9 Å². The number of pyridine rings is 1. The Hall–Kier alpha value is -3.27. The highest BCUT2D eigenvalue weighted by molar-refractivity contribution is 7.80. The Morgan fingerprint density at radius 1 is 1.27 bits per heavy atom. The predicted molar refractivity (Wildman–Crippen MR) is 114 cm³/mol. The van der Waals surface area contributed by atoms with E-state index in [9.17, 15) is 4.79 Å². The van der Waals surface area contributed by atoms with Crippen LogP contribution in [0, 0.1) is 13.8 Å². The number of thiocarbonyl (C=S) groups is 1. The molecule has 0 aromatic carbocycles. The van der Waals surface area contributed by atoms with E-state index in [-0.39, 0.29) is 24.5 Å². The molecule has 10 heteroatoms. The molecule has 0 unspecified atom stereocenters. The Balaban J connectivity index is 1.78. The Bertz CT molecular complexity index is 1050. The zero-order valence-electron chi connectivity index (χ0n) is 17.0. The predicted octanol–water partition coefficient (Wildman–Crippen LogP) is 1.94. The number of aromatic nitrogens is 5. The van der Waals surface area contributed by atoms with Gasteiger partial charge in [0.05, 0.1) is 31.3 Å². The lowest BCUT2D eigenvalue weighted by Gasteiger charge is -2.27. The summed E-state index contributed by atoms with van der Waals surface area (Å²) in [7, 11) is 1.39. The molecule has 3 aromatic heterocycles. The van der Waals surface area contributed by atoms with Crippen molar-refractivity contribution in [3.63, 3.8) is 0 Å². The molecular formula is C20H23N7O2S. The van der Waals surface area contributed by atoms with Gasteiger partial charge in [0.25, 0.3) is 0 Å². The summed E-state index contributed by atoms with van der Waals surface area (Å²) in [5.41, 5.74) is 4.05. The monoisotopic (exact) mass is 425 g/mol. The molecule has 3 aromatic rings. The summed E-state index contributed by atoms with van der Waals surface area (Å²) in [5, 5.41) is 11.8. The second-order valence-electron chi connectivity index (χ2n) is 7.13. The van der Waals surface area contributed by atoms with Gasteiger partial charge in [0.1, 0.15) is 12.7 Å². The number of nitrogens with zero attached hydrogens (tertiary/aromatic N) is 6. The zero-order valence-corrected chi connectivity index (χ0v) is 17.8. The number of aryl methyl sites for hydroxylation is 1. The molecular weight excluding hydrogens is 402 g/mol. The summed E-state index contributed by atoms with van der Waals surface area (Å²) in [4.78, 5) is 18.4. The topological polar surface area (TPSA) is 90.1 Å². The number of methoxy groups -OCH3 is 1. The zero-order chi connectivity index (χ0) is 21.3. The average Bonchev–Trinajstić information content (AvgIpc) is 3.45. The van der Waals surface area contributed by atoms with Crippen LogP contribution in [0.4, 0.5) is 0 Å². The maximum Gasteiger partial charge on any atom is 0.307 e. The first-order valence-corrected chi connectivity index (χ1v) is 10.0. The fourth-order valence-corrected chi connectivity index (χ4v) is 4.36. The van der Waals surface area contributed by atoms with E-state index in [1.807, 2.05) is 39.4 Å². The molecule has 9 nitrogen and oxygen atoms in total. The lowest BCUT2D eigenvalue weighted by molar-refractivity contribution is -0.140. The number of hydrogen-bond acceptors (Lipinski definition) is 6. The van der Waals surface area contributed by atoms with E-state index in [1.165, 1.54) is 7.11 Å². The second kappa shape index (κ2) is 8.23. The van der Waals surface area contributed by atoms with Crippen LogP contribution in [0.3, 0.4) is 0 Å². The third kappa shape index (κ3) is 3.54. The van der Waals surface area contributed by atoms with Crippen molar-refractivity contribution in [3.8, 4) is 0 Å². The summed E-state index contributed by atoms with van der Waals surface area (Å²) in [6, 6.07) is 7.69. The Morgan fingerprint density at radius 3 is 2.70 bits per heavy atom. The van der Waals surface area contributed by atoms with E-state index in [0.717, 1.165) is 22.6 Å². The van der Waals surface area contributed by atoms with Crippen molar-refractivity contribution in [2.24, 2.45) is 0 Å². The minimum Gasteiger partial charge on any atom is -0.469 e. The molecule has 1 aliphatic heterocycles. The van der Waals surface area contributed by atoms with Crippen molar-refractivity contribution < 1.29 is 9.53 Å². The minimum atomic E-state index is -0.271. The largest absolute Gasteiger partial charge is 0.469 e. The summed E-state index contributed by atoms with van der Waals surface area (Å²) in [6.07, 6.45) is 5.34. The highest BCUT2D eigenvalue weighted by Gasteiger charge is 2.41. The van der Waals surface area contributed by atoms with Gasteiger partial charge >= 0.3 is 5.97 Å². The van der Waals surface area contributed by atoms with Crippen LogP contribution < -0.4 is 5.32 Å². The molecule has 0 spiro atoms. The Kier molecular flexibility index (Phi) is 5.49. The Morgan fingerprint density at radius 2 is 2.03 bits per heavy atom. The van der Waals surface area contributed by atoms with Crippen molar-refractivity contribution in [2.45, 2.75) is 32.4 Å². The van der Waals surface area contributed by atoms with Crippen molar-refractivity contribution in [3.05, 3.63) is 65.8 Å². The molecule has 156 valence electrons. The van der Waals surface area contributed by atoms with Gasteiger partial charge in [0, 0.05) is 29.7 Å². The highest BCUT2D eigenvalue weighted by atomic mass is 32.1. The van der Waals surface area contributed by atoms with Crippen molar-refractivity contribution in [2.75, 3.05) is 13.7 Å². The Labute approximate surface area is 179 Å². The quantitative estimate of drug-likeness (QED) is 0.473. The van der Waals surface area contributed by atoms with Gasteiger partial charge in [0.2, 0.25) is 0 Å². The third-order valence-corrected chi connectivity index (χ3v) is 5.72. The number of nitrogens with one attached hydrogen (secondary N) is 1. The van der Waals surface area contributed by atoms with Gasteiger partial charge in [-0.1, -0.05) is 6.07 Å². The van der Waals surface area contributed by atoms with E-state index in [4.69, 9.17) is 17.0 Å². The van der Waals surface area contributed by atoms with Crippen molar-refractivity contribution in [1.29, 1.82) is 0 Å². The van der Waals surface area contributed by atoms with E-state index >= 15 is 0 Å². The fourth-order valence-electron chi connectivity index (χ4n) is 4.03. The van der Waals surface area contributed by atoms with Crippen LogP contribution in [0.2, 0.25) is 0 Å². The molecule has 4 heterocycles. The van der Waals surface area contributed by atoms with Crippen LogP contribution in [0.25, 0.3) is 0 Å². The number of ether oxygens (including phenoxy) is 1. The SMILES string of the molecule is COC(=O)CCN1C(=S)N[C@@H](c2ccccn2)[C@@H]1c1cc(C)n(-n2cnnc2)c1C. The molecule has 1 N–H and O–H groups in total. The fraction of sp³-hybridized carbons (Fsp3) is 0.350. The first-order valence-electron chi connectivity index (χ1n) is 9.60. The maximum absolute atomic E-state index is 11.8. The first kappa shape index (κ1) is 20.0. The van der Waals surface area contributed by atoms with Gasteiger partial charge in [-0.2, -0.15) is 0 Å². The lowest BCUT2D eigenvalue weighted by atomic mass is 9.96. The van der Waals surface area contributed by atoms with E-state index in [2.05, 4.69) is 33.5 Å². The van der Waals surface area contributed by atoms with Gasteiger partial charge in [-0.15, -0.1) is 10.2 Å². The van der Waals surface area contributed by atoms with Gasteiger partial charge in [0.15, 0.2) is 5.11 Å². The van der Waals surface area contributed by atoms with Crippen LogP contribution in [0.5, 0.6) is 0 Å². The number of rotatable bonds is 6. The summed E-state index contributed by atoms with van der Waals surface area (Å²) in [6.45, 7) is 4.53. The van der Waals surface area contributed by atoms with Crippen molar-refractivity contribution in [1.82, 2.24) is 34.8 Å². The molecule has 1 aliphatic rings. The number of carbonyl (C=O) groups excluding carboxylic acids is 1. The smallest absolute Gasteiger partial charge is 0.307 e. The van der Waals surface area contributed by atoms with Crippen LogP contribution >= 0.6 is 12.2 Å². The van der Waals surface area contributed by atoms with Gasteiger partial charge < -0.3 is 15.0 Å². The second-order valence-corrected chi connectivity index (χ2v) is 7.51. The third-order valence-electron chi connectivity index (χ3n) is 5.37. The molecule has 0 amide bonds. The molecule has 1 fully saturated rings. The van der Waals surface area contributed by atoms with Crippen LogP contribution in [0.1, 0.15) is 41.1 Å². The van der Waals surface area contributed by atoms with Gasteiger partial charge in [-0.05, 0) is 44.3 Å². The van der Waals surface area contributed by atoms with Crippen LogP contribution in [0.15, 0.2) is 43.1 Å². The highest BCUT2D eigenvalue weighted by Crippen LogP contribution is 2.40. The minimum absolute atomic E-state index is 0.131. The molecule has 30 heavy (non-hydrogen) atoms. The number of carbonyl (C=O) groups is 1. The molecule has 4 rings (SSSR count). The van der Waals surface area contributed by atoms with Gasteiger partial charge in [-0.3, -0.25) is 14.5 Å². The van der Waals surface area contributed by atoms with E-state index < -0.39 is 0 Å². The maximum atomic E-state index is 11.8. The molecule has 0 radical (unpaired) electrons. The number of hydrogen-bond donors (Lipinski definition) is 1. The van der Waals surface area contributed by atoms with E-state index in [0.29, 0.717) is 11.7 Å². The van der Waals surface area contributed by atoms with Gasteiger partial charge in [-0.25, -0.2) is 4.68 Å². The molecule has 0 bridgehead atoms. The summed E-state index contributed by atoms with van der Waals surface area (Å²) >= 11 is 5.65. The standard InChI is InChI=1S/C20H23N7O2S/c1-13-10-15(14(2)27(13)25-11-22-23-12-25)19-18(16-6-4-5-8-21-16)24-20(30)26(19)9-7-17(28)29-3/h4-6,8,10-12,18-19H,7,9H2,1-3H3,(H,24,30)/t18-,19-/m0/s1. The molecule has 1 saturated heterocycles. The summed E-state index contributed by atoms with van der Waals surface area (Å²) in [5.74, 6) is -0.271. The molecule has 2 atom stereocenters. The first-order chi connectivity index (χ1) is 14.5. The van der Waals surface area contributed by atoms with Crippen LogP contribution in [-0.2, 0) is 9.53 Å². The molecule has 0 saturated carbocycles. The van der Waals surface area contributed by atoms with Crippen LogP contribution in [-0.4, -0.2) is 54.2 Å². The summed E-state index contributed by atoms with van der Waals surface area (Å²) < 4.78 is 8.71.